The molecule has 0 spiro atoms. The van der Waals surface area contributed by atoms with Crippen molar-refractivity contribution in [3.8, 4) is 0 Å². The summed E-state index contributed by atoms with van der Waals surface area (Å²) < 4.78 is 5.03. The second-order valence-corrected chi connectivity index (χ2v) is 5.14. The van der Waals surface area contributed by atoms with Crippen molar-refractivity contribution in [1.29, 1.82) is 0 Å². The maximum atomic E-state index is 12.3. The van der Waals surface area contributed by atoms with Crippen LogP contribution in [0.4, 0.5) is 0 Å². The third-order valence-corrected chi connectivity index (χ3v) is 3.39. The SMILES string of the molecule is Cc1noc(CCC(=O)N(CCN)CCc2ccccc2)n1.Cl. The van der Waals surface area contributed by atoms with Gasteiger partial charge >= 0.3 is 0 Å². The summed E-state index contributed by atoms with van der Waals surface area (Å²) in [4.78, 5) is 18.2. The number of aryl methyl sites for hydroxylation is 2. The Morgan fingerprint density at radius 3 is 2.57 bits per heavy atom. The summed E-state index contributed by atoms with van der Waals surface area (Å²) in [6.07, 6.45) is 1.65. The van der Waals surface area contributed by atoms with Gasteiger partial charge in [-0.05, 0) is 18.9 Å². The van der Waals surface area contributed by atoms with Crippen molar-refractivity contribution in [3.05, 3.63) is 47.6 Å². The zero-order chi connectivity index (χ0) is 15.8. The molecule has 23 heavy (non-hydrogen) atoms. The minimum atomic E-state index is 0. The van der Waals surface area contributed by atoms with Gasteiger partial charge in [0.15, 0.2) is 5.82 Å². The lowest BCUT2D eigenvalue weighted by Crippen LogP contribution is -2.37. The first-order chi connectivity index (χ1) is 10.7. The van der Waals surface area contributed by atoms with E-state index in [4.69, 9.17) is 10.3 Å². The molecule has 6 nitrogen and oxygen atoms in total. The molecular formula is C16H23ClN4O2. The van der Waals surface area contributed by atoms with Crippen LogP contribution in [-0.4, -0.2) is 40.6 Å². The summed E-state index contributed by atoms with van der Waals surface area (Å²) in [5, 5.41) is 3.72. The van der Waals surface area contributed by atoms with E-state index < -0.39 is 0 Å². The predicted octanol–water partition coefficient (Wildman–Crippen LogP) is 1.76. The number of carbonyl (C=O) groups excluding carboxylic acids is 1. The quantitative estimate of drug-likeness (QED) is 0.792. The van der Waals surface area contributed by atoms with Crippen molar-refractivity contribution in [2.75, 3.05) is 19.6 Å². The lowest BCUT2D eigenvalue weighted by atomic mass is 10.1. The van der Waals surface area contributed by atoms with Gasteiger partial charge in [0.2, 0.25) is 11.8 Å². The molecule has 1 aromatic heterocycles. The van der Waals surface area contributed by atoms with Crippen molar-refractivity contribution in [1.82, 2.24) is 15.0 Å². The molecular weight excluding hydrogens is 316 g/mol. The number of aromatic nitrogens is 2. The van der Waals surface area contributed by atoms with Gasteiger partial charge in [0.05, 0.1) is 0 Å². The zero-order valence-electron chi connectivity index (χ0n) is 13.3. The monoisotopic (exact) mass is 338 g/mol. The van der Waals surface area contributed by atoms with Gasteiger partial charge in [-0.2, -0.15) is 4.98 Å². The fourth-order valence-corrected chi connectivity index (χ4v) is 2.24. The van der Waals surface area contributed by atoms with E-state index in [0.717, 1.165) is 6.42 Å². The van der Waals surface area contributed by atoms with Crippen LogP contribution in [0.5, 0.6) is 0 Å². The standard InChI is InChI=1S/C16H22N4O2.ClH/c1-13-18-15(22-19-13)7-8-16(21)20(12-10-17)11-9-14-5-3-2-4-6-14;/h2-6H,7-12,17H2,1H3;1H. The highest BCUT2D eigenvalue weighted by Gasteiger charge is 2.14. The molecule has 2 rings (SSSR count). The molecule has 0 atom stereocenters. The molecule has 0 bridgehead atoms. The average Bonchev–Trinajstić information content (AvgIpc) is 2.95. The Labute approximate surface area is 142 Å². The van der Waals surface area contributed by atoms with Gasteiger partial charge in [-0.3, -0.25) is 4.79 Å². The van der Waals surface area contributed by atoms with Crippen LogP contribution in [0.15, 0.2) is 34.9 Å². The molecule has 1 amide bonds. The van der Waals surface area contributed by atoms with Gasteiger partial charge in [0.25, 0.3) is 0 Å². The maximum absolute atomic E-state index is 12.3. The first-order valence-electron chi connectivity index (χ1n) is 7.50. The van der Waals surface area contributed by atoms with Crippen molar-refractivity contribution >= 4 is 18.3 Å². The largest absolute Gasteiger partial charge is 0.341 e. The molecule has 0 saturated heterocycles. The number of nitrogens with two attached hydrogens (primary N) is 1. The van der Waals surface area contributed by atoms with Gasteiger partial charge in [-0.15, -0.1) is 12.4 Å². The minimum Gasteiger partial charge on any atom is -0.341 e. The van der Waals surface area contributed by atoms with Gasteiger partial charge in [-0.25, -0.2) is 0 Å². The minimum absolute atomic E-state index is 0. The van der Waals surface area contributed by atoms with Crippen LogP contribution in [0.25, 0.3) is 0 Å². The van der Waals surface area contributed by atoms with Crippen LogP contribution in [0, 0.1) is 6.92 Å². The molecule has 0 aliphatic rings. The van der Waals surface area contributed by atoms with E-state index in [-0.39, 0.29) is 18.3 Å². The third kappa shape index (κ3) is 6.38. The highest BCUT2D eigenvalue weighted by atomic mass is 35.5. The van der Waals surface area contributed by atoms with Crippen molar-refractivity contribution in [2.24, 2.45) is 5.73 Å². The number of hydrogen-bond donors (Lipinski definition) is 1. The molecule has 0 aliphatic carbocycles. The van der Waals surface area contributed by atoms with Crippen LogP contribution >= 0.6 is 12.4 Å². The lowest BCUT2D eigenvalue weighted by Gasteiger charge is -2.22. The Bertz CT molecular complexity index is 589. The molecule has 2 aromatic rings. The fourth-order valence-electron chi connectivity index (χ4n) is 2.24. The van der Waals surface area contributed by atoms with E-state index in [9.17, 15) is 4.79 Å². The Hall–Kier alpha value is -1.92. The summed E-state index contributed by atoms with van der Waals surface area (Å²) in [5.41, 5.74) is 6.82. The second-order valence-electron chi connectivity index (χ2n) is 5.14. The maximum Gasteiger partial charge on any atom is 0.227 e. The molecule has 126 valence electrons. The van der Waals surface area contributed by atoms with Crippen molar-refractivity contribution in [2.45, 2.75) is 26.2 Å². The fraction of sp³-hybridized carbons (Fsp3) is 0.438. The van der Waals surface area contributed by atoms with Gasteiger partial charge < -0.3 is 15.2 Å². The number of benzene rings is 1. The molecule has 7 heteroatoms. The summed E-state index contributed by atoms with van der Waals surface area (Å²) in [6, 6.07) is 10.1. The highest BCUT2D eigenvalue weighted by Crippen LogP contribution is 2.06. The van der Waals surface area contributed by atoms with E-state index in [0.29, 0.717) is 44.2 Å². The summed E-state index contributed by atoms with van der Waals surface area (Å²) in [5.74, 6) is 1.16. The van der Waals surface area contributed by atoms with Crippen LogP contribution in [0.2, 0.25) is 0 Å². The Balaban J connectivity index is 0.00000264. The number of halogens is 1. The predicted molar refractivity (Wildman–Crippen MR) is 90.4 cm³/mol. The molecule has 2 N–H and O–H groups in total. The third-order valence-electron chi connectivity index (χ3n) is 3.39. The molecule has 1 heterocycles. The van der Waals surface area contributed by atoms with E-state index in [1.54, 1.807) is 11.8 Å². The van der Waals surface area contributed by atoms with Crippen molar-refractivity contribution in [3.63, 3.8) is 0 Å². The van der Waals surface area contributed by atoms with E-state index in [1.807, 2.05) is 18.2 Å². The molecule has 1 aromatic carbocycles. The number of amides is 1. The van der Waals surface area contributed by atoms with E-state index >= 15 is 0 Å². The first-order valence-corrected chi connectivity index (χ1v) is 7.50. The topological polar surface area (TPSA) is 85.2 Å². The highest BCUT2D eigenvalue weighted by molar-refractivity contribution is 5.85. The Kier molecular flexibility index (Phi) is 8.29. The smallest absolute Gasteiger partial charge is 0.227 e. The summed E-state index contributed by atoms with van der Waals surface area (Å²) in [7, 11) is 0. The van der Waals surface area contributed by atoms with Gasteiger partial charge in [0.1, 0.15) is 0 Å². The Morgan fingerprint density at radius 2 is 1.96 bits per heavy atom. The van der Waals surface area contributed by atoms with Crippen molar-refractivity contribution < 1.29 is 9.32 Å². The molecule has 0 fully saturated rings. The summed E-state index contributed by atoms with van der Waals surface area (Å²) >= 11 is 0. The molecule has 0 saturated carbocycles. The molecule has 0 radical (unpaired) electrons. The zero-order valence-corrected chi connectivity index (χ0v) is 14.1. The number of rotatable bonds is 8. The van der Waals surface area contributed by atoms with Gasteiger partial charge in [-0.1, -0.05) is 35.5 Å². The summed E-state index contributed by atoms with van der Waals surface area (Å²) in [6.45, 7) is 3.45. The Morgan fingerprint density at radius 1 is 1.22 bits per heavy atom. The van der Waals surface area contributed by atoms with E-state index in [2.05, 4.69) is 22.3 Å². The lowest BCUT2D eigenvalue weighted by molar-refractivity contribution is -0.131. The number of hydrogen-bond acceptors (Lipinski definition) is 5. The first kappa shape index (κ1) is 19.1. The van der Waals surface area contributed by atoms with Crippen LogP contribution < -0.4 is 5.73 Å². The van der Waals surface area contributed by atoms with Crippen LogP contribution in [0.3, 0.4) is 0 Å². The van der Waals surface area contributed by atoms with Crippen LogP contribution in [-0.2, 0) is 17.6 Å². The number of nitrogens with zero attached hydrogens (tertiary/aromatic N) is 3. The number of carbonyl (C=O) groups is 1. The second kappa shape index (κ2) is 9.97. The normalized spacial score (nSPS) is 10.2. The molecule has 0 unspecified atom stereocenters. The van der Waals surface area contributed by atoms with Crippen LogP contribution in [0.1, 0.15) is 23.7 Å². The average molecular weight is 339 g/mol. The molecule has 0 aliphatic heterocycles. The van der Waals surface area contributed by atoms with E-state index in [1.165, 1.54) is 5.56 Å². The van der Waals surface area contributed by atoms with Gasteiger partial charge in [0, 0.05) is 32.5 Å².